The average Bonchev–Trinajstić information content (AvgIpc) is 3.16. The van der Waals surface area contributed by atoms with E-state index in [9.17, 15) is 23.1 Å². The van der Waals surface area contributed by atoms with Crippen LogP contribution >= 0.6 is 0 Å². The largest absolute Gasteiger partial charge is 0.494 e. The number of aliphatic hydroxyl groups excluding tert-OH is 1. The summed E-state index contributed by atoms with van der Waals surface area (Å²) in [6.07, 6.45) is -3.47. The molecule has 2 aromatic rings. The lowest BCUT2D eigenvalue weighted by atomic mass is 10.1. The normalized spacial score (nSPS) is 18.4. The van der Waals surface area contributed by atoms with E-state index in [2.05, 4.69) is 15.3 Å². The summed E-state index contributed by atoms with van der Waals surface area (Å²) in [5.41, 5.74) is 0.336. The van der Waals surface area contributed by atoms with Gasteiger partial charge in [0, 0.05) is 25.4 Å². The topological polar surface area (TPSA) is 103 Å². The van der Waals surface area contributed by atoms with Crippen molar-refractivity contribution in [1.82, 2.24) is 15.3 Å². The summed E-state index contributed by atoms with van der Waals surface area (Å²) in [4.78, 5) is 24.5. The van der Waals surface area contributed by atoms with Crippen molar-refractivity contribution in [1.29, 1.82) is 0 Å². The first kappa shape index (κ1) is 21.0. The van der Waals surface area contributed by atoms with Crippen molar-refractivity contribution >= 4 is 23.2 Å². The third kappa shape index (κ3) is 4.29. The molecule has 2 bridgehead atoms. The number of ether oxygens (including phenoxy) is 1. The van der Waals surface area contributed by atoms with E-state index in [1.54, 1.807) is 35.4 Å². The molecule has 2 aromatic heterocycles. The van der Waals surface area contributed by atoms with Gasteiger partial charge in [0.1, 0.15) is 12.4 Å². The minimum absolute atomic E-state index is 0.0518. The maximum Gasteiger partial charge on any atom is 0.405 e. The number of halogens is 3. The van der Waals surface area contributed by atoms with Crippen molar-refractivity contribution in [3.05, 3.63) is 36.2 Å². The number of carbonyl (C=O) groups excluding carboxylic acids is 1. The van der Waals surface area contributed by atoms with E-state index in [-0.39, 0.29) is 23.3 Å². The van der Waals surface area contributed by atoms with Crippen molar-refractivity contribution in [3.63, 3.8) is 0 Å². The highest BCUT2D eigenvalue weighted by molar-refractivity contribution is 5.96. The highest BCUT2D eigenvalue weighted by Gasteiger charge is 2.41. The van der Waals surface area contributed by atoms with Gasteiger partial charge in [-0.25, -0.2) is 9.97 Å². The molecule has 3 N–H and O–H groups in total. The van der Waals surface area contributed by atoms with Gasteiger partial charge in [-0.15, -0.1) is 0 Å². The lowest BCUT2D eigenvalue weighted by Crippen LogP contribution is -2.52. The summed E-state index contributed by atoms with van der Waals surface area (Å²) in [5, 5.41) is 15.6. The molecule has 2 aliphatic heterocycles. The zero-order valence-electron chi connectivity index (χ0n) is 16.6. The number of alkyl halides is 3. The number of rotatable bonds is 6. The van der Waals surface area contributed by atoms with Gasteiger partial charge < -0.3 is 30.3 Å². The molecule has 4 rings (SSSR count). The van der Waals surface area contributed by atoms with Crippen LogP contribution in [0.4, 0.5) is 30.5 Å². The molecule has 0 aromatic carbocycles. The van der Waals surface area contributed by atoms with Crippen LogP contribution in [0.15, 0.2) is 30.5 Å². The number of anilines is 3. The van der Waals surface area contributed by atoms with Crippen molar-refractivity contribution in [2.24, 2.45) is 0 Å². The Bertz CT molecular complexity index is 959. The van der Waals surface area contributed by atoms with Crippen molar-refractivity contribution in [2.45, 2.75) is 25.0 Å². The number of nitrogens with one attached hydrogen (secondary N) is 2. The third-order valence-corrected chi connectivity index (χ3v) is 5.18. The molecule has 0 saturated carbocycles. The first-order valence-corrected chi connectivity index (χ1v) is 9.60. The van der Waals surface area contributed by atoms with Gasteiger partial charge >= 0.3 is 6.18 Å². The molecule has 1 fully saturated rings. The fraction of sp³-hybridized carbons (Fsp3) is 0.421. The second kappa shape index (κ2) is 8.10. The maximum absolute atomic E-state index is 12.5. The van der Waals surface area contributed by atoms with Crippen molar-refractivity contribution in [2.75, 3.05) is 41.9 Å². The number of carbonyl (C=O) groups is 1. The second-order valence-corrected chi connectivity index (χ2v) is 7.21. The van der Waals surface area contributed by atoms with Crippen molar-refractivity contribution in [3.8, 4) is 5.75 Å². The molecule has 9 nitrogen and oxygen atoms in total. The van der Waals surface area contributed by atoms with Crippen LogP contribution in [-0.4, -0.2) is 66.3 Å². The number of aliphatic hydroxyl groups is 1. The van der Waals surface area contributed by atoms with Crippen LogP contribution in [0.2, 0.25) is 0 Å². The number of pyridine rings is 2. The summed E-state index contributed by atoms with van der Waals surface area (Å²) in [5.74, 6) is -0.246. The zero-order valence-corrected chi connectivity index (χ0v) is 16.6. The predicted molar refractivity (Wildman–Crippen MR) is 106 cm³/mol. The Labute approximate surface area is 175 Å². The average molecular weight is 438 g/mol. The molecule has 166 valence electrons. The lowest BCUT2D eigenvalue weighted by Gasteiger charge is -2.40. The van der Waals surface area contributed by atoms with E-state index in [1.165, 1.54) is 7.11 Å². The lowest BCUT2D eigenvalue weighted by molar-refractivity contribution is -0.123. The Morgan fingerprint density at radius 1 is 1.42 bits per heavy atom. The Morgan fingerprint density at radius 3 is 2.90 bits per heavy atom. The van der Waals surface area contributed by atoms with Crippen LogP contribution in [0.1, 0.15) is 16.9 Å². The Kier molecular flexibility index (Phi) is 5.48. The smallest absolute Gasteiger partial charge is 0.405 e. The van der Waals surface area contributed by atoms with Crippen LogP contribution < -0.4 is 25.2 Å². The highest BCUT2D eigenvalue weighted by Crippen LogP contribution is 2.42. The number of amides is 1. The molecule has 2 atom stereocenters. The fourth-order valence-electron chi connectivity index (χ4n) is 3.81. The molecular formula is C19H21F3N6O3. The SMILES string of the molecule is COc1cc2c(nc1C(=O)NCC(F)(F)F)N(C(O)Nc1ccccn1)[C@H]1CCN2C1. The molecule has 31 heavy (non-hydrogen) atoms. The van der Waals surface area contributed by atoms with E-state index >= 15 is 0 Å². The molecule has 0 aliphatic carbocycles. The van der Waals surface area contributed by atoms with Crippen LogP contribution in [-0.2, 0) is 0 Å². The van der Waals surface area contributed by atoms with Gasteiger partial charge in [-0.3, -0.25) is 4.79 Å². The molecule has 1 amide bonds. The van der Waals surface area contributed by atoms with Crippen LogP contribution in [0.5, 0.6) is 5.75 Å². The van der Waals surface area contributed by atoms with Gasteiger partial charge in [-0.2, -0.15) is 13.2 Å². The van der Waals surface area contributed by atoms with E-state index < -0.39 is 25.0 Å². The molecule has 1 unspecified atom stereocenters. The van der Waals surface area contributed by atoms with Crippen LogP contribution in [0, 0.1) is 0 Å². The molecule has 0 radical (unpaired) electrons. The summed E-state index contributed by atoms with van der Waals surface area (Å²) >= 11 is 0. The molecule has 4 heterocycles. The number of aromatic nitrogens is 2. The van der Waals surface area contributed by atoms with Gasteiger partial charge in [-0.05, 0) is 18.6 Å². The second-order valence-electron chi connectivity index (χ2n) is 7.21. The zero-order chi connectivity index (χ0) is 22.2. The van der Waals surface area contributed by atoms with Crippen molar-refractivity contribution < 1.29 is 27.8 Å². The Balaban J connectivity index is 1.68. The summed E-state index contributed by atoms with van der Waals surface area (Å²) in [6.45, 7) is -0.163. The van der Waals surface area contributed by atoms with Gasteiger partial charge in [0.25, 0.3) is 5.91 Å². The minimum Gasteiger partial charge on any atom is -0.494 e. The number of methoxy groups -OCH3 is 1. The Morgan fingerprint density at radius 2 is 2.23 bits per heavy atom. The maximum atomic E-state index is 12.5. The van der Waals surface area contributed by atoms with E-state index in [0.29, 0.717) is 24.6 Å². The molecule has 0 spiro atoms. The number of nitrogens with zero attached hydrogens (tertiary/aromatic N) is 4. The van der Waals surface area contributed by atoms with Gasteiger partial charge in [0.15, 0.2) is 17.3 Å². The first-order chi connectivity index (χ1) is 14.8. The van der Waals surface area contributed by atoms with Gasteiger partial charge in [0.2, 0.25) is 6.35 Å². The first-order valence-electron chi connectivity index (χ1n) is 9.60. The number of hydrogen-bond acceptors (Lipinski definition) is 8. The van der Waals surface area contributed by atoms with E-state index in [4.69, 9.17) is 4.74 Å². The third-order valence-electron chi connectivity index (χ3n) is 5.18. The monoisotopic (exact) mass is 438 g/mol. The minimum atomic E-state index is -4.56. The quantitative estimate of drug-likeness (QED) is 0.584. The summed E-state index contributed by atoms with van der Waals surface area (Å²) in [6, 6.07) is 6.64. The van der Waals surface area contributed by atoms with E-state index in [0.717, 1.165) is 6.42 Å². The van der Waals surface area contributed by atoms with Gasteiger partial charge in [-0.1, -0.05) is 6.07 Å². The summed E-state index contributed by atoms with van der Waals surface area (Å²) < 4.78 is 42.9. The fourth-order valence-corrected chi connectivity index (χ4v) is 3.81. The highest BCUT2D eigenvalue weighted by atomic mass is 19.4. The number of fused-ring (bicyclic) bond motifs is 4. The number of hydrogen-bond donors (Lipinski definition) is 3. The van der Waals surface area contributed by atoms with E-state index in [1.807, 2.05) is 10.2 Å². The molecule has 1 saturated heterocycles. The summed E-state index contributed by atoms with van der Waals surface area (Å²) in [7, 11) is 1.31. The predicted octanol–water partition coefficient (Wildman–Crippen LogP) is 1.56. The van der Waals surface area contributed by atoms with Crippen LogP contribution in [0.3, 0.4) is 0 Å². The van der Waals surface area contributed by atoms with Crippen LogP contribution in [0.25, 0.3) is 0 Å². The molecule has 2 aliphatic rings. The Hall–Kier alpha value is -3.28. The molecule has 12 heteroatoms. The standard InChI is InChI=1S/C19H21F3N6O3/c1-31-13-8-12-16(26-15(13)17(29)24-10-19(20,21)22)28(11-5-7-27(12)9-11)18(30)25-14-4-2-3-6-23-14/h2-4,6,8,11,18,30H,5,7,9-10H2,1H3,(H,23,25)(H,24,29)/t11-,18?/m0/s1. The van der Waals surface area contributed by atoms with Gasteiger partial charge in [0.05, 0.1) is 18.8 Å². The molecular weight excluding hydrogens is 417 g/mol.